The Morgan fingerprint density at radius 1 is 1.17 bits per heavy atom. The third kappa shape index (κ3) is 2.38. The number of nitrogens with zero attached hydrogens (tertiary/aromatic N) is 3. The molecule has 2 heterocycles. The van der Waals surface area contributed by atoms with E-state index in [4.69, 9.17) is 4.74 Å². The van der Waals surface area contributed by atoms with Gasteiger partial charge in [0.05, 0.1) is 11.9 Å². The normalized spacial score (nSPS) is 39.5. The van der Waals surface area contributed by atoms with Crippen LogP contribution in [-0.4, -0.2) is 26.7 Å². The summed E-state index contributed by atoms with van der Waals surface area (Å²) >= 11 is 0. The van der Waals surface area contributed by atoms with Crippen LogP contribution >= 0.6 is 0 Å². The summed E-state index contributed by atoms with van der Waals surface area (Å²) in [6, 6.07) is 2.01. The summed E-state index contributed by atoms with van der Waals surface area (Å²) in [4.78, 5) is 16.1. The van der Waals surface area contributed by atoms with Crippen LogP contribution < -0.4 is 0 Å². The number of carbonyl (C=O) groups is 1. The number of fused-ring (bicyclic) bond motifs is 9. The number of aromatic nitrogens is 3. The van der Waals surface area contributed by atoms with E-state index < -0.39 is 0 Å². The first-order valence-electron chi connectivity index (χ1n) is 11.6. The third-order valence-electron chi connectivity index (χ3n) is 9.25. The lowest BCUT2D eigenvalue weighted by Gasteiger charge is -2.57. The van der Waals surface area contributed by atoms with E-state index >= 15 is 0 Å². The summed E-state index contributed by atoms with van der Waals surface area (Å²) in [5.74, 6) is 1.95. The lowest BCUT2D eigenvalue weighted by Crippen LogP contribution is -2.51. The summed E-state index contributed by atoms with van der Waals surface area (Å²) in [6.45, 7) is 6.52. The lowest BCUT2D eigenvalue weighted by atomic mass is 9.48. The number of carbonyl (C=O) groups excluding carboxylic acids is 1. The molecule has 0 bridgehead atoms. The quantitative estimate of drug-likeness (QED) is 0.512. The molecule has 2 saturated carbocycles. The Balaban J connectivity index is 1.35. The number of esters is 1. The van der Waals surface area contributed by atoms with E-state index in [2.05, 4.69) is 40.7 Å². The maximum atomic E-state index is 11.5. The molecule has 0 unspecified atom stereocenters. The topological polar surface area (TPSA) is 56.5 Å². The SMILES string of the molecule is CC(=O)O[C@H]1CC[C@@]2(C)C(=CC[C@@H]3[C@@H]2CC[C@]2(C)c4c(cnc5ccnn45)C[C@@H]32)C1. The van der Waals surface area contributed by atoms with Crippen LogP contribution in [0.1, 0.15) is 70.6 Å². The second-order valence-corrected chi connectivity index (χ2v) is 10.6. The third-order valence-corrected chi connectivity index (χ3v) is 9.25. The summed E-state index contributed by atoms with van der Waals surface area (Å²) in [5, 5.41) is 4.64. The fourth-order valence-corrected chi connectivity index (χ4v) is 7.86. The van der Waals surface area contributed by atoms with Crippen molar-refractivity contribution in [3.05, 3.63) is 41.4 Å². The predicted octanol–water partition coefficient (Wildman–Crippen LogP) is 4.64. The minimum Gasteiger partial charge on any atom is -0.462 e. The Morgan fingerprint density at radius 2 is 2.00 bits per heavy atom. The largest absolute Gasteiger partial charge is 0.462 e. The molecule has 6 atom stereocenters. The zero-order valence-corrected chi connectivity index (χ0v) is 18.2. The standard InChI is InChI=1S/C25H31N3O2/c1-15(29)30-18-6-9-24(2)17(13-18)4-5-19-20(24)7-10-25(3)21(19)12-16-14-26-22-8-11-27-28(22)23(16)25/h4,8,11,14,18-21H,5-7,9-10,12-13H2,1-3H3/t18-,19+,20-,21-,24-,25-/m0/s1. The van der Waals surface area contributed by atoms with Crippen LogP contribution in [0.3, 0.4) is 0 Å². The molecule has 0 aliphatic heterocycles. The van der Waals surface area contributed by atoms with Gasteiger partial charge in [-0.15, -0.1) is 0 Å². The van der Waals surface area contributed by atoms with Crippen molar-refractivity contribution in [3.63, 3.8) is 0 Å². The molecule has 2 aromatic heterocycles. The van der Waals surface area contributed by atoms with Gasteiger partial charge in [-0.2, -0.15) is 5.10 Å². The molecule has 30 heavy (non-hydrogen) atoms. The van der Waals surface area contributed by atoms with Crippen molar-refractivity contribution in [1.82, 2.24) is 14.6 Å². The molecule has 0 saturated heterocycles. The van der Waals surface area contributed by atoms with Gasteiger partial charge < -0.3 is 4.74 Å². The maximum absolute atomic E-state index is 11.5. The van der Waals surface area contributed by atoms with Crippen molar-refractivity contribution in [2.75, 3.05) is 0 Å². The van der Waals surface area contributed by atoms with E-state index in [0.29, 0.717) is 11.8 Å². The molecule has 4 aliphatic carbocycles. The molecule has 5 nitrogen and oxygen atoms in total. The van der Waals surface area contributed by atoms with Crippen molar-refractivity contribution in [2.24, 2.45) is 23.2 Å². The Morgan fingerprint density at radius 3 is 2.83 bits per heavy atom. The molecule has 2 aromatic rings. The fourth-order valence-electron chi connectivity index (χ4n) is 7.86. The van der Waals surface area contributed by atoms with Gasteiger partial charge in [0.25, 0.3) is 0 Å². The Hall–Kier alpha value is -2.17. The van der Waals surface area contributed by atoms with Crippen molar-refractivity contribution in [2.45, 2.75) is 77.2 Å². The highest BCUT2D eigenvalue weighted by atomic mass is 16.5. The number of rotatable bonds is 1. The predicted molar refractivity (Wildman–Crippen MR) is 114 cm³/mol. The molecule has 4 aliphatic rings. The fraction of sp³-hybridized carbons (Fsp3) is 0.640. The van der Waals surface area contributed by atoms with E-state index in [1.54, 1.807) is 5.57 Å². The summed E-state index contributed by atoms with van der Waals surface area (Å²) in [7, 11) is 0. The number of hydrogen-bond donors (Lipinski definition) is 0. The van der Waals surface area contributed by atoms with Crippen LogP contribution in [0, 0.1) is 23.2 Å². The molecular weight excluding hydrogens is 374 g/mol. The second-order valence-electron chi connectivity index (χ2n) is 10.6. The van der Waals surface area contributed by atoms with Gasteiger partial charge in [0, 0.05) is 31.0 Å². The molecule has 2 fully saturated rings. The highest BCUT2D eigenvalue weighted by molar-refractivity contribution is 5.66. The van der Waals surface area contributed by atoms with Crippen LogP contribution in [0.5, 0.6) is 0 Å². The summed E-state index contributed by atoms with van der Waals surface area (Å²) in [5.41, 5.74) is 5.78. The van der Waals surface area contributed by atoms with Crippen LogP contribution in [0.2, 0.25) is 0 Å². The minimum atomic E-state index is -0.145. The number of allylic oxidation sites excluding steroid dienone is 1. The number of hydrogen-bond acceptors (Lipinski definition) is 4. The lowest BCUT2D eigenvalue weighted by molar-refractivity contribution is -0.148. The molecule has 0 spiro atoms. The first-order valence-corrected chi connectivity index (χ1v) is 11.6. The highest BCUT2D eigenvalue weighted by Crippen LogP contribution is 2.64. The average Bonchev–Trinajstić information content (AvgIpc) is 3.29. The van der Waals surface area contributed by atoms with Crippen LogP contribution in [0.4, 0.5) is 0 Å². The summed E-state index contributed by atoms with van der Waals surface area (Å²) < 4.78 is 7.70. The number of ether oxygens (including phenoxy) is 1. The van der Waals surface area contributed by atoms with Gasteiger partial charge in [-0.05, 0) is 67.3 Å². The minimum absolute atomic E-state index is 0.0714. The van der Waals surface area contributed by atoms with Gasteiger partial charge in [0.2, 0.25) is 0 Å². The van der Waals surface area contributed by atoms with E-state index in [-0.39, 0.29) is 22.9 Å². The van der Waals surface area contributed by atoms with Crippen LogP contribution in [0.15, 0.2) is 30.1 Å². The maximum Gasteiger partial charge on any atom is 0.302 e. The molecule has 6 rings (SSSR count). The second kappa shape index (κ2) is 6.18. The van der Waals surface area contributed by atoms with Gasteiger partial charge >= 0.3 is 5.97 Å². The zero-order chi connectivity index (χ0) is 20.7. The van der Waals surface area contributed by atoms with Crippen molar-refractivity contribution < 1.29 is 9.53 Å². The summed E-state index contributed by atoms with van der Waals surface area (Å²) in [6.07, 6.45) is 14.4. The average molecular weight is 406 g/mol. The van der Waals surface area contributed by atoms with Crippen LogP contribution in [0.25, 0.3) is 5.65 Å². The van der Waals surface area contributed by atoms with Gasteiger partial charge in [-0.25, -0.2) is 9.50 Å². The van der Waals surface area contributed by atoms with Gasteiger partial charge in [-0.1, -0.05) is 25.5 Å². The highest BCUT2D eigenvalue weighted by Gasteiger charge is 2.58. The van der Waals surface area contributed by atoms with Gasteiger partial charge in [0.15, 0.2) is 5.65 Å². The molecule has 0 aromatic carbocycles. The Labute approximate surface area is 177 Å². The molecule has 0 N–H and O–H groups in total. The van der Waals surface area contributed by atoms with Gasteiger partial charge in [-0.3, -0.25) is 4.79 Å². The molecule has 5 heteroatoms. The van der Waals surface area contributed by atoms with E-state index in [9.17, 15) is 4.79 Å². The first-order chi connectivity index (χ1) is 14.4. The van der Waals surface area contributed by atoms with E-state index in [1.165, 1.54) is 31.0 Å². The molecular formula is C25H31N3O2. The monoisotopic (exact) mass is 405 g/mol. The van der Waals surface area contributed by atoms with Crippen molar-refractivity contribution in [1.29, 1.82) is 0 Å². The van der Waals surface area contributed by atoms with Crippen molar-refractivity contribution in [3.8, 4) is 0 Å². The first kappa shape index (κ1) is 18.6. The van der Waals surface area contributed by atoms with E-state index in [1.807, 2.05) is 12.3 Å². The Bertz CT molecular complexity index is 1070. The van der Waals surface area contributed by atoms with Crippen LogP contribution in [-0.2, 0) is 21.4 Å². The molecule has 158 valence electrons. The van der Waals surface area contributed by atoms with Gasteiger partial charge in [0.1, 0.15) is 6.10 Å². The zero-order valence-electron chi connectivity index (χ0n) is 18.2. The molecule has 0 radical (unpaired) electrons. The van der Waals surface area contributed by atoms with Crippen molar-refractivity contribution >= 4 is 11.6 Å². The smallest absolute Gasteiger partial charge is 0.302 e. The Kier molecular flexibility index (Phi) is 3.83. The molecule has 0 amide bonds. The van der Waals surface area contributed by atoms with E-state index in [0.717, 1.165) is 43.7 Å².